The van der Waals surface area contributed by atoms with Crippen LogP contribution in [0.2, 0.25) is 0 Å². The van der Waals surface area contributed by atoms with E-state index in [4.69, 9.17) is 4.74 Å². The molecule has 0 aliphatic carbocycles. The number of carbonyl (C=O) groups excluding carboxylic acids is 1. The molecule has 0 spiro atoms. The van der Waals surface area contributed by atoms with Gasteiger partial charge in [0.15, 0.2) is 0 Å². The topological polar surface area (TPSA) is 100 Å². The first-order chi connectivity index (χ1) is 18.5. The van der Waals surface area contributed by atoms with Crippen LogP contribution in [0.5, 0.6) is 5.75 Å². The number of alkyl halides is 3. The SMILES string of the molecule is COc1cc(N(C)CCN(C)C)c(NC=O)cc1Nc1nccc(-n2c(C)nc3cc(C(F)(F)F)ccc32)n1. The van der Waals surface area contributed by atoms with Crippen molar-refractivity contribution in [3.05, 3.63) is 54.0 Å². The van der Waals surface area contributed by atoms with E-state index in [0.717, 1.165) is 24.4 Å². The predicted molar refractivity (Wildman–Crippen MR) is 144 cm³/mol. The summed E-state index contributed by atoms with van der Waals surface area (Å²) in [5.74, 6) is 1.59. The molecule has 0 aliphatic rings. The Hall–Kier alpha value is -4.39. The number of ether oxygens (including phenoxy) is 1. The molecule has 206 valence electrons. The Morgan fingerprint density at radius 3 is 2.49 bits per heavy atom. The number of hydrogen-bond donors (Lipinski definition) is 2. The van der Waals surface area contributed by atoms with Gasteiger partial charge in [-0.1, -0.05) is 0 Å². The van der Waals surface area contributed by atoms with E-state index in [1.165, 1.54) is 19.4 Å². The molecular formula is C26H29F3N8O2. The smallest absolute Gasteiger partial charge is 0.416 e. The van der Waals surface area contributed by atoms with Gasteiger partial charge < -0.3 is 25.2 Å². The van der Waals surface area contributed by atoms with Gasteiger partial charge in [-0.25, -0.2) is 9.97 Å². The summed E-state index contributed by atoms with van der Waals surface area (Å²) in [6, 6.07) is 8.57. The van der Waals surface area contributed by atoms with Crippen molar-refractivity contribution in [2.24, 2.45) is 0 Å². The molecule has 0 unspecified atom stereocenters. The van der Waals surface area contributed by atoms with Gasteiger partial charge in [-0.05, 0) is 51.4 Å². The zero-order chi connectivity index (χ0) is 28.3. The second kappa shape index (κ2) is 11.2. The number of nitrogens with zero attached hydrogens (tertiary/aromatic N) is 6. The predicted octanol–water partition coefficient (Wildman–Crippen LogP) is 4.46. The molecule has 2 aromatic heterocycles. The third-order valence-corrected chi connectivity index (χ3v) is 6.09. The fourth-order valence-electron chi connectivity index (χ4n) is 4.12. The average Bonchev–Trinajstić information content (AvgIpc) is 3.22. The molecule has 0 saturated heterocycles. The van der Waals surface area contributed by atoms with E-state index in [9.17, 15) is 18.0 Å². The van der Waals surface area contributed by atoms with Gasteiger partial charge in [0, 0.05) is 32.4 Å². The van der Waals surface area contributed by atoms with Crippen LogP contribution in [-0.2, 0) is 11.0 Å². The number of methoxy groups -OCH3 is 1. The molecule has 39 heavy (non-hydrogen) atoms. The lowest BCUT2D eigenvalue weighted by Gasteiger charge is -2.25. The fourth-order valence-corrected chi connectivity index (χ4v) is 4.12. The first-order valence-corrected chi connectivity index (χ1v) is 12.0. The molecule has 2 aromatic carbocycles. The normalized spacial score (nSPS) is 11.6. The van der Waals surface area contributed by atoms with E-state index in [-0.39, 0.29) is 11.5 Å². The van der Waals surface area contributed by atoms with Gasteiger partial charge in [0.1, 0.15) is 17.4 Å². The molecule has 0 aliphatic heterocycles. The summed E-state index contributed by atoms with van der Waals surface area (Å²) < 4.78 is 46.8. The molecule has 2 N–H and O–H groups in total. The number of benzene rings is 2. The highest BCUT2D eigenvalue weighted by atomic mass is 19.4. The summed E-state index contributed by atoms with van der Waals surface area (Å²) in [6.45, 7) is 3.21. The van der Waals surface area contributed by atoms with Crippen LogP contribution in [0.4, 0.5) is 36.2 Å². The molecule has 0 bridgehead atoms. The van der Waals surface area contributed by atoms with Crippen molar-refractivity contribution in [3.63, 3.8) is 0 Å². The number of amides is 1. The van der Waals surface area contributed by atoms with E-state index >= 15 is 0 Å². The highest BCUT2D eigenvalue weighted by molar-refractivity contribution is 5.87. The van der Waals surface area contributed by atoms with E-state index in [0.29, 0.717) is 47.2 Å². The summed E-state index contributed by atoms with van der Waals surface area (Å²) in [7, 11) is 7.41. The second-order valence-corrected chi connectivity index (χ2v) is 9.12. The van der Waals surface area contributed by atoms with Crippen LogP contribution in [0.15, 0.2) is 42.6 Å². The molecular weight excluding hydrogens is 513 g/mol. The van der Waals surface area contributed by atoms with Gasteiger partial charge in [-0.2, -0.15) is 18.2 Å². The number of anilines is 4. The van der Waals surface area contributed by atoms with Crippen molar-refractivity contribution in [1.29, 1.82) is 0 Å². The largest absolute Gasteiger partial charge is 0.494 e. The molecule has 10 nitrogen and oxygen atoms in total. The first-order valence-electron chi connectivity index (χ1n) is 12.0. The fraction of sp³-hybridized carbons (Fsp3) is 0.308. The number of aromatic nitrogens is 4. The molecule has 4 aromatic rings. The number of carbonyl (C=O) groups is 1. The lowest BCUT2D eigenvalue weighted by molar-refractivity contribution is -0.137. The Kier molecular flexibility index (Phi) is 7.90. The molecule has 2 heterocycles. The van der Waals surface area contributed by atoms with Crippen molar-refractivity contribution >= 4 is 40.5 Å². The number of fused-ring (bicyclic) bond motifs is 1. The third kappa shape index (κ3) is 6.03. The Labute approximate surface area is 223 Å². The summed E-state index contributed by atoms with van der Waals surface area (Å²) >= 11 is 0. The van der Waals surface area contributed by atoms with Crippen LogP contribution in [-0.4, -0.2) is 72.2 Å². The molecule has 0 fully saturated rings. The number of hydrogen-bond acceptors (Lipinski definition) is 8. The number of rotatable bonds is 10. The van der Waals surface area contributed by atoms with E-state index in [1.54, 1.807) is 29.7 Å². The maximum atomic E-state index is 13.2. The number of aryl methyl sites for hydroxylation is 1. The molecule has 13 heteroatoms. The Balaban J connectivity index is 1.69. The number of likely N-dealkylation sites (N-methyl/N-ethyl adjacent to an activating group) is 2. The third-order valence-electron chi connectivity index (χ3n) is 6.09. The number of nitrogens with one attached hydrogen (secondary N) is 2. The van der Waals surface area contributed by atoms with Gasteiger partial charge in [0.2, 0.25) is 12.4 Å². The van der Waals surface area contributed by atoms with Crippen LogP contribution in [0, 0.1) is 6.92 Å². The van der Waals surface area contributed by atoms with Crippen molar-refractivity contribution in [3.8, 4) is 11.6 Å². The van der Waals surface area contributed by atoms with Gasteiger partial charge >= 0.3 is 6.18 Å². The Bertz CT molecular complexity index is 1490. The van der Waals surface area contributed by atoms with Gasteiger partial charge in [-0.3, -0.25) is 9.36 Å². The zero-order valence-electron chi connectivity index (χ0n) is 22.2. The van der Waals surface area contributed by atoms with Crippen molar-refractivity contribution < 1.29 is 22.7 Å². The van der Waals surface area contributed by atoms with Gasteiger partial charge in [0.25, 0.3) is 0 Å². The van der Waals surface area contributed by atoms with Crippen molar-refractivity contribution in [1.82, 2.24) is 24.4 Å². The van der Waals surface area contributed by atoms with Crippen LogP contribution in [0.3, 0.4) is 0 Å². The summed E-state index contributed by atoms with van der Waals surface area (Å²) in [5.41, 5.74) is 1.74. The zero-order valence-corrected chi connectivity index (χ0v) is 22.2. The molecule has 4 rings (SSSR count). The molecule has 0 saturated carbocycles. The van der Waals surface area contributed by atoms with Crippen molar-refractivity contribution in [2.75, 3.05) is 56.9 Å². The van der Waals surface area contributed by atoms with Gasteiger partial charge in [-0.15, -0.1) is 0 Å². The lowest BCUT2D eigenvalue weighted by atomic mass is 10.2. The average molecular weight is 543 g/mol. The monoisotopic (exact) mass is 542 g/mol. The lowest BCUT2D eigenvalue weighted by Crippen LogP contribution is -2.29. The Morgan fingerprint density at radius 1 is 1.05 bits per heavy atom. The molecule has 0 atom stereocenters. The van der Waals surface area contributed by atoms with Gasteiger partial charge in [0.05, 0.1) is 40.8 Å². The highest BCUT2D eigenvalue weighted by Crippen LogP contribution is 2.38. The number of imidazole rings is 1. The number of halogens is 3. The minimum absolute atomic E-state index is 0.204. The first kappa shape index (κ1) is 27.6. The summed E-state index contributed by atoms with van der Waals surface area (Å²) in [5, 5.41) is 5.86. The van der Waals surface area contributed by atoms with Crippen LogP contribution in [0.25, 0.3) is 16.9 Å². The second-order valence-electron chi connectivity index (χ2n) is 9.12. The quantitative estimate of drug-likeness (QED) is 0.284. The summed E-state index contributed by atoms with van der Waals surface area (Å²) in [4.78, 5) is 28.6. The highest BCUT2D eigenvalue weighted by Gasteiger charge is 2.31. The molecule has 1 amide bonds. The summed E-state index contributed by atoms with van der Waals surface area (Å²) in [6.07, 6.45) is -2.34. The maximum absolute atomic E-state index is 13.2. The Morgan fingerprint density at radius 2 is 1.82 bits per heavy atom. The maximum Gasteiger partial charge on any atom is 0.416 e. The van der Waals surface area contributed by atoms with Crippen LogP contribution in [0.1, 0.15) is 11.4 Å². The minimum atomic E-state index is -4.47. The van der Waals surface area contributed by atoms with E-state index in [2.05, 4.69) is 30.5 Å². The molecule has 0 radical (unpaired) electrons. The minimum Gasteiger partial charge on any atom is -0.494 e. The van der Waals surface area contributed by atoms with Crippen LogP contribution < -0.4 is 20.3 Å². The van der Waals surface area contributed by atoms with Crippen molar-refractivity contribution in [2.45, 2.75) is 13.1 Å². The van der Waals surface area contributed by atoms with E-state index in [1.807, 2.05) is 26.0 Å². The van der Waals surface area contributed by atoms with Crippen LogP contribution >= 0.6 is 0 Å². The van der Waals surface area contributed by atoms with E-state index < -0.39 is 11.7 Å². The standard InChI is InChI=1S/C26H29F3N8O2/c1-16-32-19-12-17(26(27,28)29)6-7-21(19)37(16)24-8-9-30-25(34-24)33-20-13-18(31-15-38)22(14-23(20)39-5)36(4)11-10-35(2)3/h6-9,12-15H,10-11H2,1-5H3,(H,31,38)(H,30,33,34).